The summed E-state index contributed by atoms with van der Waals surface area (Å²) in [5, 5.41) is 13.3. The highest BCUT2D eigenvalue weighted by Gasteiger charge is 2.55. The number of carbonyl (C=O) groups is 1. The SMILES string of the molecule is CCn1cc(C2(C(OC)C(=O)O)CC2)cn1. The number of ether oxygens (including phenoxy) is 1. The molecule has 1 aromatic rings. The van der Waals surface area contributed by atoms with Crippen molar-refractivity contribution in [2.24, 2.45) is 0 Å². The predicted octanol–water partition coefficient (Wildman–Crippen LogP) is 1.03. The third-order valence-corrected chi connectivity index (χ3v) is 3.28. The Labute approximate surface area is 94.0 Å². The summed E-state index contributed by atoms with van der Waals surface area (Å²) in [6, 6.07) is 0. The van der Waals surface area contributed by atoms with Gasteiger partial charge in [0.2, 0.25) is 0 Å². The van der Waals surface area contributed by atoms with Gasteiger partial charge in [-0.3, -0.25) is 4.68 Å². The molecule has 0 radical (unpaired) electrons. The van der Waals surface area contributed by atoms with Crippen LogP contribution in [0.15, 0.2) is 12.4 Å². The van der Waals surface area contributed by atoms with E-state index in [-0.39, 0.29) is 5.41 Å². The fourth-order valence-electron chi connectivity index (χ4n) is 2.19. The van der Waals surface area contributed by atoms with Crippen molar-refractivity contribution in [3.05, 3.63) is 18.0 Å². The lowest BCUT2D eigenvalue weighted by atomic mass is 9.92. The van der Waals surface area contributed by atoms with Gasteiger partial charge < -0.3 is 9.84 Å². The molecule has 1 unspecified atom stereocenters. The molecule has 1 saturated carbocycles. The Morgan fingerprint density at radius 2 is 2.44 bits per heavy atom. The van der Waals surface area contributed by atoms with E-state index in [1.807, 2.05) is 17.8 Å². The van der Waals surface area contributed by atoms with Crippen LogP contribution in [0.5, 0.6) is 0 Å². The summed E-state index contributed by atoms with van der Waals surface area (Å²) in [7, 11) is 1.45. The molecule has 0 saturated heterocycles. The van der Waals surface area contributed by atoms with Crippen LogP contribution in [0.1, 0.15) is 25.3 Å². The molecule has 0 amide bonds. The van der Waals surface area contributed by atoms with E-state index < -0.39 is 12.1 Å². The Morgan fingerprint density at radius 1 is 1.75 bits per heavy atom. The molecule has 1 fully saturated rings. The number of methoxy groups -OCH3 is 1. The van der Waals surface area contributed by atoms with Crippen molar-refractivity contribution in [1.29, 1.82) is 0 Å². The first-order valence-electron chi connectivity index (χ1n) is 5.42. The Balaban J connectivity index is 2.27. The lowest BCUT2D eigenvalue weighted by molar-refractivity contribution is -0.150. The van der Waals surface area contributed by atoms with Gasteiger partial charge in [0.25, 0.3) is 0 Å². The van der Waals surface area contributed by atoms with E-state index >= 15 is 0 Å². The van der Waals surface area contributed by atoms with Crippen molar-refractivity contribution in [1.82, 2.24) is 9.78 Å². The average Bonchev–Trinajstić information content (AvgIpc) is 2.90. The van der Waals surface area contributed by atoms with Crippen LogP contribution in [0.25, 0.3) is 0 Å². The van der Waals surface area contributed by atoms with Crippen molar-refractivity contribution in [2.45, 2.75) is 37.8 Å². The molecule has 2 rings (SSSR count). The van der Waals surface area contributed by atoms with E-state index in [2.05, 4.69) is 5.10 Å². The Kier molecular flexibility index (Phi) is 2.71. The number of aryl methyl sites for hydroxylation is 1. The normalized spacial score (nSPS) is 19.4. The van der Waals surface area contributed by atoms with Crippen molar-refractivity contribution in [3.63, 3.8) is 0 Å². The Morgan fingerprint density at radius 3 is 2.81 bits per heavy atom. The smallest absolute Gasteiger partial charge is 0.333 e. The fraction of sp³-hybridized carbons (Fsp3) is 0.636. The number of rotatable bonds is 5. The molecule has 1 N–H and O–H groups in total. The van der Waals surface area contributed by atoms with Gasteiger partial charge in [-0.05, 0) is 25.3 Å². The third kappa shape index (κ3) is 1.61. The maximum atomic E-state index is 11.1. The molecular formula is C11H16N2O3. The van der Waals surface area contributed by atoms with Crippen LogP contribution >= 0.6 is 0 Å². The first-order chi connectivity index (χ1) is 7.64. The molecule has 5 heteroatoms. The molecule has 1 aliphatic rings. The van der Waals surface area contributed by atoms with Gasteiger partial charge in [-0.1, -0.05) is 0 Å². The van der Waals surface area contributed by atoms with E-state index in [1.54, 1.807) is 6.20 Å². The lowest BCUT2D eigenvalue weighted by Gasteiger charge is -2.20. The van der Waals surface area contributed by atoms with Gasteiger partial charge in [0.15, 0.2) is 6.10 Å². The first kappa shape index (κ1) is 11.1. The van der Waals surface area contributed by atoms with Crippen LogP contribution in [-0.4, -0.2) is 34.1 Å². The average molecular weight is 224 g/mol. The third-order valence-electron chi connectivity index (χ3n) is 3.28. The number of carboxylic acid groups (broad SMARTS) is 1. The maximum Gasteiger partial charge on any atom is 0.333 e. The van der Waals surface area contributed by atoms with Crippen molar-refractivity contribution in [3.8, 4) is 0 Å². The van der Waals surface area contributed by atoms with Gasteiger partial charge in [0.1, 0.15) is 0 Å². The molecule has 16 heavy (non-hydrogen) atoms. The number of aliphatic carboxylic acids is 1. The van der Waals surface area contributed by atoms with Gasteiger partial charge in [0, 0.05) is 25.3 Å². The Bertz CT molecular complexity index is 396. The predicted molar refractivity (Wildman–Crippen MR) is 57.2 cm³/mol. The highest BCUT2D eigenvalue weighted by atomic mass is 16.5. The van der Waals surface area contributed by atoms with Gasteiger partial charge >= 0.3 is 5.97 Å². The zero-order valence-electron chi connectivity index (χ0n) is 9.51. The number of hydrogen-bond acceptors (Lipinski definition) is 3. The minimum atomic E-state index is -0.899. The van der Waals surface area contributed by atoms with Crippen molar-refractivity contribution < 1.29 is 14.6 Å². The molecule has 1 atom stereocenters. The maximum absolute atomic E-state index is 11.1. The van der Waals surface area contributed by atoms with Crippen LogP contribution in [0.2, 0.25) is 0 Å². The summed E-state index contributed by atoms with van der Waals surface area (Å²) in [6.07, 6.45) is 4.62. The highest BCUT2D eigenvalue weighted by molar-refractivity contribution is 5.76. The topological polar surface area (TPSA) is 64.3 Å². The zero-order valence-corrected chi connectivity index (χ0v) is 9.51. The van der Waals surface area contributed by atoms with Crippen LogP contribution in [-0.2, 0) is 21.5 Å². The standard InChI is InChI=1S/C11H16N2O3/c1-3-13-7-8(6-12-13)11(4-5-11)9(16-2)10(14)15/h6-7,9H,3-5H2,1-2H3,(H,14,15). The lowest BCUT2D eigenvalue weighted by Crippen LogP contribution is -2.35. The van der Waals surface area contributed by atoms with Crippen LogP contribution in [0.4, 0.5) is 0 Å². The zero-order chi connectivity index (χ0) is 11.8. The quantitative estimate of drug-likeness (QED) is 0.811. The summed E-state index contributed by atoms with van der Waals surface area (Å²) in [5.41, 5.74) is 0.622. The summed E-state index contributed by atoms with van der Waals surface area (Å²) < 4.78 is 6.91. The molecule has 1 aliphatic carbocycles. The number of carboxylic acids is 1. The van der Waals surface area contributed by atoms with E-state index in [0.717, 1.165) is 24.9 Å². The molecule has 5 nitrogen and oxygen atoms in total. The van der Waals surface area contributed by atoms with Crippen molar-refractivity contribution in [2.75, 3.05) is 7.11 Å². The van der Waals surface area contributed by atoms with Gasteiger partial charge in [0.05, 0.1) is 6.20 Å². The summed E-state index contributed by atoms with van der Waals surface area (Å²) >= 11 is 0. The van der Waals surface area contributed by atoms with Crippen LogP contribution in [0, 0.1) is 0 Å². The largest absolute Gasteiger partial charge is 0.479 e. The fourth-order valence-corrected chi connectivity index (χ4v) is 2.19. The van der Waals surface area contributed by atoms with E-state index in [1.165, 1.54) is 7.11 Å². The molecule has 0 aliphatic heterocycles. The second kappa shape index (κ2) is 3.90. The van der Waals surface area contributed by atoms with Crippen LogP contribution < -0.4 is 0 Å². The Hall–Kier alpha value is -1.36. The monoisotopic (exact) mass is 224 g/mol. The minimum Gasteiger partial charge on any atom is -0.479 e. The summed E-state index contributed by atoms with van der Waals surface area (Å²) in [5.74, 6) is -0.899. The molecule has 0 spiro atoms. The van der Waals surface area contributed by atoms with Crippen molar-refractivity contribution >= 4 is 5.97 Å². The molecule has 0 bridgehead atoms. The van der Waals surface area contributed by atoms with Crippen LogP contribution in [0.3, 0.4) is 0 Å². The molecule has 1 heterocycles. The minimum absolute atomic E-state index is 0.353. The molecule has 0 aromatic carbocycles. The van der Waals surface area contributed by atoms with E-state index in [9.17, 15) is 4.79 Å². The first-order valence-corrected chi connectivity index (χ1v) is 5.42. The molecule has 88 valence electrons. The summed E-state index contributed by atoms with van der Waals surface area (Å²) in [4.78, 5) is 11.1. The summed E-state index contributed by atoms with van der Waals surface area (Å²) in [6.45, 7) is 2.79. The molecular weight excluding hydrogens is 208 g/mol. The van der Waals surface area contributed by atoms with Gasteiger partial charge in [-0.25, -0.2) is 4.79 Å². The number of aromatic nitrogens is 2. The van der Waals surface area contributed by atoms with E-state index in [0.29, 0.717) is 0 Å². The number of nitrogens with zero attached hydrogens (tertiary/aromatic N) is 2. The molecule has 1 aromatic heterocycles. The second-order valence-electron chi connectivity index (χ2n) is 4.19. The number of hydrogen-bond donors (Lipinski definition) is 1. The highest BCUT2D eigenvalue weighted by Crippen LogP contribution is 2.51. The second-order valence-corrected chi connectivity index (χ2v) is 4.19. The van der Waals surface area contributed by atoms with Gasteiger partial charge in [-0.2, -0.15) is 5.10 Å². The van der Waals surface area contributed by atoms with E-state index in [4.69, 9.17) is 9.84 Å². The van der Waals surface area contributed by atoms with Gasteiger partial charge in [-0.15, -0.1) is 0 Å².